The molecule has 0 aromatic rings. The number of hydrogen-bond acceptors (Lipinski definition) is 10. The van der Waals surface area contributed by atoms with Crippen LogP contribution in [0.15, 0.2) is 97.2 Å². The van der Waals surface area contributed by atoms with E-state index in [4.69, 9.17) is 23.3 Å². The highest BCUT2D eigenvalue weighted by molar-refractivity contribution is 7.47. The van der Waals surface area contributed by atoms with Crippen LogP contribution in [-0.2, 0) is 42.2 Å². The maximum Gasteiger partial charge on any atom is 0.472 e. The van der Waals surface area contributed by atoms with Crippen molar-refractivity contribution in [2.75, 3.05) is 26.4 Å². The van der Waals surface area contributed by atoms with Gasteiger partial charge in [-0.2, -0.15) is 0 Å². The zero-order chi connectivity index (χ0) is 55.5. The number of carbonyl (C=O) groups excluding carboxylic acids is 3. The van der Waals surface area contributed by atoms with Gasteiger partial charge in [-0.15, -0.1) is 0 Å². The van der Waals surface area contributed by atoms with E-state index in [1.54, 1.807) is 0 Å². The Labute approximate surface area is 463 Å². The fourth-order valence-corrected chi connectivity index (χ4v) is 8.73. The lowest BCUT2D eigenvalue weighted by Gasteiger charge is -2.21. The van der Waals surface area contributed by atoms with Crippen LogP contribution >= 0.6 is 7.82 Å². The molecule has 0 aromatic carbocycles. The Bertz CT molecular complexity index is 1640. The van der Waals surface area contributed by atoms with Crippen LogP contribution in [0.2, 0.25) is 0 Å². The molecule has 0 rings (SSSR count). The first kappa shape index (κ1) is 72.4. The van der Waals surface area contributed by atoms with Gasteiger partial charge in [0.05, 0.1) is 19.8 Å². The van der Waals surface area contributed by atoms with Crippen molar-refractivity contribution >= 4 is 25.7 Å². The molecular weight excluding hydrogens is 976 g/mol. The lowest BCUT2D eigenvalue weighted by molar-refractivity contribution is -0.161. The molecule has 0 saturated carbocycles. The largest absolute Gasteiger partial charge is 0.472 e. The maximum absolute atomic E-state index is 12.9. The molecule has 2 N–H and O–H groups in total. The number of unbranched alkanes of at least 4 members (excludes halogenated alkanes) is 22. The minimum Gasteiger partial charge on any atom is -0.462 e. The predicted molar refractivity (Wildman–Crippen MR) is 316 cm³/mol. The standard InChI is InChI=1S/C64H109O11P/c1-4-7-10-13-16-19-22-25-27-29-30-32-34-37-40-43-46-49-52-55-64(68)75-61(57-71-62(66)53-50-47-44-41-38-35-24-21-18-15-12-9-6-3)59-73-76(69,70)72-58-60(56-65)74-63(67)54-51-48-45-42-39-36-33-31-28-26-23-20-17-14-11-8-5-2/h7-8,10-11,16-17,19-21,24-28,30,32,60-61,65H,4-6,9,12-15,18,22-23,29,31,33-59H2,1-3H3,(H,69,70)/b10-7-,11-8-,19-16-,20-17-,24-21-,27-25-,28-26-,32-30-. The van der Waals surface area contributed by atoms with Gasteiger partial charge in [0.25, 0.3) is 0 Å². The van der Waals surface area contributed by atoms with Crippen molar-refractivity contribution in [1.29, 1.82) is 0 Å². The van der Waals surface area contributed by atoms with E-state index in [2.05, 4.69) is 118 Å². The van der Waals surface area contributed by atoms with Gasteiger partial charge in [0, 0.05) is 19.3 Å². The summed E-state index contributed by atoms with van der Waals surface area (Å²) in [6, 6.07) is 0. The molecule has 11 nitrogen and oxygen atoms in total. The minimum atomic E-state index is -4.76. The summed E-state index contributed by atoms with van der Waals surface area (Å²) in [4.78, 5) is 48.6. The highest BCUT2D eigenvalue weighted by atomic mass is 31.2. The van der Waals surface area contributed by atoms with Crippen molar-refractivity contribution in [2.45, 2.75) is 264 Å². The summed E-state index contributed by atoms with van der Waals surface area (Å²) in [5, 5.41) is 9.83. The molecule has 0 bridgehead atoms. The first-order valence-corrected chi connectivity index (χ1v) is 31.6. The Morgan fingerprint density at radius 1 is 0.382 bits per heavy atom. The SMILES string of the molecule is CC/C=C\C/C=C\C/C=C\C/C=C\CCCCCCCCC(=O)OC(COC(=O)CCCCCCC/C=C\CCCCCC)COP(=O)(O)OCC(CO)OC(=O)CCCCCCCCC/C=C\C/C=C\C/C=C\CC. The molecule has 0 aliphatic heterocycles. The van der Waals surface area contributed by atoms with Crippen LogP contribution in [0.1, 0.15) is 252 Å². The van der Waals surface area contributed by atoms with Gasteiger partial charge in [0.15, 0.2) is 6.10 Å². The van der Waals surface area contributed by atoms with E-state index in [-0.39, 0.29) is 25.9 Å². The third kappa shape index (κ3) is 55.2. The fraction of sp³-hybridized carbons (Fsp3) is 0.703. The molecule has 436 valence electrons. The number of ether oxygens (including phenoxy) is 3. The molecule has 76 heavy (non-hydrogen) atoms. The first-order valence-electron chi connectivity index (χ1n) is 30.1. The average Bonchev–Trinajstić information content (AvgIpc) is 3.41. The molecular formula is C64H109O11P. The molecule has 3 unspecified atom stereocenters. The van der Waals surface area contributed by atoms with Crippen LogP contribution in [0.3, 0.4) is 0 Å². The Hall–Kier alpha value is -3.60. The number of phosphoric ester groups is 1. The Balaban J connectivity index is 4.73. The van der Waals surface area contributed by atoms with Crippen molar-refractivity contribution in [3.05, 3.63) is 97.2 Å². The molecule has 0 amide bonds. The van der Waals surface area contributed by atoms with E-state index in [1.807, 2.05) is 0 Å². The number of aliphatic hydroxyl groups is 1. The molecule has 0 aromatic heterocycles. The van der Waals surface area contributed by atoms with Crippen LogP contribution in [-0.4, -0.2) is 66.5 Å². The smallest absolute Gasteiger partial charge is 0.462 e. The van der Waals surface area contributed by atoms with Gasteiger partial charge in [0.2, 0.25) is 0 Å². The van der Waals surface area contributed by atoms with Crippen LogP contribution in [0, 0.1) is 0 Å². The van der Waals surface area contributed by atoms with Crippen molar-refractivity contribution in [3.8, 4) is 0 Å². The summed E-state index contributed by atoms with van der Waals surface area (Å²) in [7, 11) is -4.76. The van der Waals surface area contributed by atoms with Gasteiger partial charge < -0.3 is 24.2 Å². The zero-order valence-corrected chi connectivity index (χ0v) is 49.1. The van der Waals surface area contributed by atoms with E-state index >= 15 is 0 Å². The normalized spacial score (nSPS) is 14.0. The number of esters is 3. The predicted octanol–water partition coefficient (Wildman–Crippen LogP) is 18.0. The molecule has 0 fully saturated rings. The number of hydrogen-bond donors (Lipinski definition) is 2. The lowest BCUT2D eigenvalue weighted by atomic mass is 10.1. The van der Waals surface area contributed by atoms with Crippen LogP contribution in [0.5, 0.6) is 0 Å². The summed E-state index contributed by atoms with van der Waals surface area (Å²) >= 11 is 0. The van der Waals surface area contributed by atoms with Crippen molar-refractivity contribution < 1.29 is 52.2 Å². The van der Waals surface area contributed by atoms with Crippen molar-refractivity contribution in [1.82, 2.24) is 0 Å². The summed E-state index contributed by atoms with van der Waals surface area (Å²) in [5.74, 6) is -1.50. The third-order valence-electron chi connectivity index (χ3n) is 12.5. The zero-order valence-electron chi connectivity index (χ0n) is 48.2. The number of aliphatic hydroxyl groups excluding tert-OH is 1. The Morgan fingerprint density at radius 3 is 1.07 bits per heavy atom. The summed E-state index contributed by atoms with van der Waals surface area (Å²) in [6.45, 7) is 4.38. The van der Waals surface area contributed by atoms with Gasteiger partial charge >= 0.3 is 25.7 Å². The highest BCUT2D eigenvalue weighted by Crippen LogP contribution is 2.43. The van der Waals surface area contributed by atoms with Crippen molar-refractivity contribution in [2.24, 2.45) is 0 Å². The Morgan fingerprint density at radius 2 is 0.684 bits per heavy atom. The number of carbonyl (C=O) groups is 3. The van der Waals surface area contributed by atoms with E-state index in [1.165, 1.54) is 38.5 Å². The van der Waals surface area contributed by atoms with Crippen LogP contribution in [0.4, 0.5) is 0 Å². The molecule has 0 aliphatic rings. The number of allylic oxidation sites excluding steroid dienone is 16. The molecule has 0 aliphatic carbocycles. The van der Waals surface area contributed by atoms with E-state index in [9.17, 15) is 28.9 Å². The van der Waals surface area contributed by atoms with Gasteiger partial charge in [0.1, 0.15) is 12.7 Å². The monoisotopic (exact) mass is 1080 g/mol. The quantitative estimate of drug-likeness (QED) is 0.0197. The second kappa shape index (κ2) is 57.6. The molecule has 0 heterocycles. The third-order valence-corrected chi connectivity index (χ3v) is 13.4. The summed E-state index contributed by atoms with van der Waals surface area (Å²) in [5.41, 5.74) is 0. The van der Waals surface area contributed by atoms with E-state index < -0.39 is 57.8 Å². The van der Waals surface area contributed by atoms with Gasteiger partial charge in [-0.1, -0.05) is 214 Å². The van der Waals surface area contributed by atoms with Crippen LogP contribution < -0.4 is 0 Å². The second-order valence-electron chi connectivity index (χ2n) is 19.7. The van der Waals surface area contributed by atoms with Gasteiger partial charge in [-0.3, -0.25) is 23.4 Å². The molecule has 3 atom stereocenters. The Kier molecular flexibility index (Phi) is 54.8. The number of rotatable bonds is 55. The molecule has 0 saturated heterocycles. The van der Waals surface area contributed by atoms with Crippen molar-refractivity contribution in [3.63, 3.8) is 0 Å². The fourth-order valence-electron chi connectivity index (χ4n) is 7.94. The highest BCUT2D eigenvalue weighted by Gasteiger charge is 2.28. The van der Waals surface area contributed by atoms with Gasteiger partial charge in [-0.25, -0.2) is 4.57 Å². The van der Waals surface area contributed by atoms with E-state index in [0.717, 1.165) is 154 Å². The second-order valence-corrected chi connectivity index (χ2v) is 21.2. The molecule has 0 radical (unpaired) electrons. The summed E-state index contributed by atoms with van der Waals surface area (Å²) in [6.07, 6.45) is 67.8. The summed E-state index contributed by atoms with van der Waals surface area (Å²) < 4.78 is 39.6. The first-order chi connectivity index (χ1) is 37.2. The maximum atomic E-state index is 12.9. The molecule has 12 heteroatoms. The van der Waals surface area contributed by atoms with Gasteiger partial charge in [-0.05, 0) is 116 Å². The lowest BCUT2D eigenvalue weighted by Crippen LogP contribution is -2.30. The average molecular weight is 1090 g/mol. The minimum absolute atomic E-state index is 0.146. The number of phosphoric acid groups is 1. The molecule has 0 spiro atoms. The topological polar surface area (TPSA) is 155 Å². The van der Waals surface area contributed by atoms with E-state index in [0.29, 0.717) is 19.3 Å². The van der Waals surface area contributed by atoms with Crippen LogP contribution in [0.25, 0.3) is 0 Å².